The molecule has 1 heterocycles. The van der Waals surface area contributed by atoms with E-state index >= 15 is 0 Å². The lowest BCUT2D eigenvalue weighted by Gasteiger charge is -2.22. The van der Waals surface area contributed by atoms with Crippen LogP contribution in [0.3, 0.4) is 0 Å². The molecule has 5 nitrogen and oxygen atoms in total. The molecule has 1 aromatic heterocycles. The average molecular weight is 479 g/mol. The van der Waals surface area contributed by atoms with Crippen molar-refractivity contribution in [2.45, 2.75) is 27.3 Å². The highest BCUT2D eigenvalue weighted by Crippen LogP contribution is 2.32. The molecule has 0 bridgehead atoms. The van der Waals surface area contributed by atoms with Gasteiger partial charge in [0.2, 0.25) is 10.0 Å². The van der Waals surface area contributed by atoms with Crippen molar-refractivity contribution in [3.63, 3.8) is 0 Å². The maximum atomic E-state index is 12.9. The van der Waals surface area contributed by atoms with Crippen molar-refractivity contribution in [1.82, 2.24) is 0 Å². The first-order valence-electron chi connectivity index (χ1n) is 10.6. The monoisotopic (exact) mass is 478 g/mol. The lowest BCUT2D eigenvalue weighted by Crippen LogP contribution is -2.29. The molecule has 0 radical (unpaired) electrons. The molecule has 1 N–H and O–H groups in total. The van der Waals surface area contributed by atoms with E-state index in [1.54, 1.807) is 6.07 Å². The molecule has 170 valence electrons. The Morgan fingerprint density at radius 2 is 1.61 bits per heavy atom. The van der Waals surface area contributed by atoms with E-state index < -0.39 is 10.0 Å². The van der Waals surface area contributed by atoms with Crippen LogP contribution in [0.1, 0.15) is 31.9 Å². The summed E-state index contributed by atoms with van der Waals surface area (Å²) in [5.41, 5.74) is 5.44. The van der Waals surface area contributed by atoms with Crippen molar-refractivity contribution in [1.29, 1.82) is 0 Å². The van der Waals surface area contributed by atoms with Crippen LogP contribution in [0.15, 0.2) is 66.7 Å². The summed E-state index contributed by atoms with van der Waals surface area (Å²) in [5, 5.41) is 3.85. The number of thiophene rings is 1. The SMILES string of the molecule is Cc1ccc(CN(c2ccc3sc(C(=O)Nc4c(C)cccc4C)cc3c2)S(C)(=O)=O)cc1. The summed E-state index contributed by atoms with van der Waals surface area (Å²) in [6.07, 6.45) is 1.21. The summed E-state index contributed by atoms with van der Waals surface area (Å²) >= 11 is 1.39. The number of para-hydroxylation sites is 1. The maximum Gasteiger partial charge on any atom is 0.265 e. The second kappa shape index (κ2) is 9.00. The molecule has 4 aromatic rings. The van der Waals surface area contributed by atoms with Crippen LogP contribution in [-0.2, 0) is 16.6 Å². The van der Waals surface area contributed by atoms with Gasteiger partial charge in [-0.15, -0.1) is 11.3 Å². The van der Waals surface area contributed by atoms with Gasteiger partial charge in [0.1, 0.15) is 0 Å². The summed E-state index contributed by atoms with van der Waals surface area (Å²) in [6.45, 7) is 6.17. The van der Waals surface area contributed by atoms with E-state index in [4.69, 9.17) is 0 Å². The second-order valence-electron chi connectivity index (χ2n) is 8.31. The third-order valence-electron chi connectivity index (χ3n) is 5.58. The van der Waals surface area contributed by atoms with Gasteiger partial charge in [-0.05, 0) is 67.1 Å². The lowest BCUT2D eigenvalue weighted by atomic mass is 10.1. The fourth-order valence-corrected chi connectivity index (χ4v) is 5.56. The Morgan fingerprint density at radius 1 is 0.939 bits per heavy atom. The van der Waals surface area contributed by atoms with E-state index in [0.29, 0.717) is 10.6 Å². The van der Waals surface area contributed by atoms with E-state index in [-0.39, 0.29) is 12.5 Å². The number of amides is 1. The van der Waals surface area contributed by atoms with Crippen LogP contribution >= 0.6 is 11.3 Å². The minimum atomic E-state index is -3.50. The quantitative estimate of drug-likeness (QED) is 0.367. The molecule has 3 aromatic carbocycles. The number of sulfonamides is 1. The molecule has 0 fully saturated rings. The smallest absolute Gasteiger partial charge is 0.265 e. The summed E-state index contributed by atoms with van der Waals surface area (Å²) < 4.78 is 27.5. The molecular formula is C26H26N2O3S2. The number of hydrogen-bond donors (Lipinski definition) is 1. The predicted octanol–water partition coefficient (Wildman–Crippen LogP) is 6.05. The van der Waals surface area contributed by atoms with Gasteiger partial charge in [-0.3, -0.25) is 9.10 Å². The van der Waals surface area contributed by atoms with E-state index in [0.717, 1.165) is 38.0 Å². The fourth-order valence-electron chi connectivity index (χ4n) is 3.74. The molecule has 0 aliphatic heterocycles. The van der Waals surface area contributed by atoms with Crippen LogP contribution in [0, 0.1) is 20.8 Å². The van der Waals surface area contributed by atoms with Gasteiger partial charge in [0.15, 0.2) is 0 Å². The molecule has 0 saturated heterocycles. The van der Waals surface area contributed by atoms with Crippen LogP contribution in [-0.4, -0.2) is 20.6 Å². The number of carbonyl (C=O) groups excluding carboxylic acids is 1. The molecule has 0 aliphatic carbocycles. The maximum absolute atomic E-state index is 12.9. The molecule has 0 unspecified atom stereocenters. The topological polar surface area (TPSA) is 66.5 Å². The average Bonchev–Trinajstić information content (AvgIpc) is 3.18. The number of nitrogens with zero attached hydrogens (tertiary/aromatic N) is 1. The van der Waals surface area contributed by atoms with Crippen molar-refractivity contribution in [2.75, 3.05) is 15.9 Å². The predicted molar refractivity (Wildman–Crippen MR) is 138 cm³/mol. The molecule has 0 spiro atoms. The van der Waals surface area contributed by atoms with Gasteiger partial charge in [-0.1, -0.05) is 48.0 Å². The summed E-state index contributed by atoms with van der Waals surface area (Å²) in [4.78, 5) is 13.5. The Hall–Kier alpha value is -3.16. The Balaban J connectivity index is 1.64. The molecule has 1 amide bonds. The van der Waals surface area contributed by atoms with Crippen LogP contribution in [0.5, 0.6) is 0 Å². The molecule has 0 saturated carbocycles. The van der Waals surface area contributed by atoms with Crippen LogP contribution in [0.25, 0.3) is 10.1 Å². The normalized spacial score (nSPS) is 11.5. The lowest BCUT2D eigenvalue weighted by molar-refractivity contribution is 0.103. The van der Waals surface area contributed by atoms with Crippen molar-refractivity contribution >= 4 is 48.7 Å². The van der Waals surface area contributed by atoms with Gasteiger partial charge in [0.25, 0.3) is 5.91 Å². The summed E-state index contributed by atoms with van der Waals surface area (Å²) in [5.74, 6) is -0.172. The number of fused-ring (bicyclic) bond motifs is 1. The van der Waals surface area contributed by atoms with E-state index in [1.165, 1.54) is 21.9 Å². The van der Waals surface area contributed by atoms with Crippen LogP contribution < -0.4 is 9.62 Å². The molecule has 7 heteroatoms. The zero-order chi connectivity index (χ0) is 23.8. The van der Waals surface area contributed by atoms with E-state index in [2.05, 4.69) is 5.32 Å². The van der Waals surface area contributed by atoms with E-state index in [9.17, 15) is 13.2 Å². The van der Waals surface area contributed by atoms with Crippen molar-refractivity contribution < 1.29 is 13.2 Å². The third-order valence-corrected chi connectivity index (χ3v) is 7.83. The van der Waals surface area contributed by atoms with Gasteiger partial charge >= 0.3 is 0 Å². The highest BCUT2D eigenvalue weighted by molar-refractivity contribution is 7.92. The Labute approximate surface area is 198 Å². The molecular weight excluding hydrogens is 452 g/mol. The number of rotatable bonds is 6. The number of carbonyl (C=O) groups is 1. The van der Waals surface area contributed by atoms with Gasteiger partial charge in [0, 0.05) is 10.4 Å². The molecule has 0 atom stereocenters. The van der Waals surface area contributed by atoms with Crippen molar-refractivity contribution in [3.05, 3.63) is 93.9 Å². The fraction of sp³-hybridized carbons (Fsp3) is 0.192. The van der Waals surface area contributed by atoms with Gasteiger partial charge in [-0.2, -0.15) is 0 Å². The Bertz CT molecular complexity index is 1420. The second-order valence-corrected chi connectivity index (χ2v) is 11.3. The van der Waals surface area contributed by atoms with Crippen LogP contribution in [0.4, 0.5) is 11.4 Å². The summed E-state index contributed by atoms with van der Waals surface area (Å²) in [7, 11) is -3.50. The van der Waals surface area contributed by atoms with Crippen molar-refractivity contribution in [3.8, 4) is 0 Å². The van der Waals surface area contributed by atoms with Gasteiger partial charge in [-0.25, -0.2) is 8.42 Å². The number of anilines is 2. The minimum Gasteiger partial charge on any atom is -0.321 e. The number of nitrogens with one attached hydrogen (secondary N) is 1. The Morgan fingerprint density at radius 3 is 2.24 bits per heavy atom. The highest BCUT2D eigenvalue weighted by atomic mass is 32.2. The first-order chi connectivity index (χ1) is 15.6. The Kier molecular flexibility index (Phi) is 6.28. The largest absolute Gasteiger partial charge is 0.321 e. The van der Waals surface area contributed by atoms with Gasteiger partial charge in [0.05, 0.1) is 23.4 Å². The molecule has 0 aliphatic rings. The van der Waals surface area contributed by atoms with Gasteiger partial charge < -0.3 is 5.32 Å². The zero-order valence-corrected chi connectivity index (χ0v) is 20.7. The first-order valence-corrected chi connectivity index (χ1v) is 13.2. The summed E-state index contributed by atoms with van der Waals surface area (Å²) in [6, 6.07) is 21.0. The number of benzene rings is 3. The molecule has 4 rings (SSSR count). The van der Waals surface area contributed by atoms with Crippen LogP contribution in [0.2, 0.25) is 0 Å². The highest BCUT2D eigenvalue weighted by Gasteiger charge is 2.20. The number of aryl methyl sites for hydroxylation is 3. The van der Waals surface area contributed by atoms with Crippen molar-refractivity contribution in [2.24, 2.45) is 0 Å². The standard InChI is InChI=1S/C26H26N2O3S2/c1-17-8-10-20(11-9-17)16-28(33(4,30)31)22-12-13-23-21(14-22)15-24(32-23)26(29)27-25-18(2)6-5-7-19(25)3/h5-15H,16H2,1-4H3,(H,27,29). The van der Waals surface area contributed by atoms with E-state index in [1.807, 2.05) is 81.4 Å². The minimum absolute atomic E-state index is 0.172. The third kappa shape index (κ3) is 5.10. The number of hydrogen-bond acceptors (Lipinski definition) is 4. The molecule has 33 heavy (non-hydrogen) atoms. The first kappa shape index (κ1) is 23.0. The zero-order valence-electron chi connectivity index (χ0n) is 19.0.